The van der Waals surface area contributed by atoms with Gasteiger partial charge in [-0.1, -0.05) is 25.9 Å². The summed E-state index contributed by atoms with van der Waals surface area (Å²) in [4.78, 5) is 9.07. The molecule has 4 rings (SSSR count). The molecular formula is C19H25N3O3. The lowest BCUT2D eigenvalue weighted by Crippen LogP contribution is -2.26. The summed E-state index contributed by atoms with van der Waals surface area (Å²) in [5, 5.41) is 4.10. The van der Waals surface area contributed by atoms with Gasteiger partial charge < -0.3 is 14.0 Å². The van der Waals surface area contributed by atoms with E-state index in [1.807, 2.05) is 12.3 Å². The van der Waals surface area contributed by atoms with Crippen LogP contribution in [-0.2, 0) is 10.2 Å². The molecule has 0 aromatic carbocycles. The van der Waals surface area contributed by atoms with Crippen LogP contribution >= 0.6 is 0 Å². The van der Waals surface area contributed by atoms with Crippen LogP contribution in [0.15, 0.2) is 16.8 Å². The standard InChI is InChI=1S/C19H25N3O3/c1-19(2,3)18-21-17(25-22-18)15-10-16(14(11-20-15)12-4-5-12)24-13-6-8-23-9-7-13/h10-13H,4-9H2,1-3H3. The number of hydrogen-bond acceptors (Lipinski definition) is 6. The molecular weight excluding hydrogens is 318 g/mol. The fraction of sp³-hybridized carbons (Fsp3) is 0.632. The van der Waals surface area contributed by atoms with Crippen LogP contribution in [0.4, 0.5) is 0 Å². The van der Waals surface area contributed by atoms with Crippen molar-refractivity contribution >= 4 is 0 Å². The van der Waals surface area contributed by atoms with Gasteiger partial charge in [-0.15, -0.1) is 0 Å². The van der Waals surface area contributed by atoms with Crippen LogP contribution in [-0.4, -0.2) is 34.4 Å². The molecule has 0 spiro atoms. The first-order chi connectivity index (χ1) is 12.0. The van der Waals surface area contributed by atoms with Gasteiger partial charge in [-0.05, 0) is 18.8 Å². The molecule has 0 amide bonds. The molecule has 2 aromatic rings. The topological polar surface area (TPSA) is 70.3 Å². The number of nitrogens with zero attached hydrogens (tertiary/aromatic N) is 3. The maximum Gasteiger partial charge on any atom is 0.276 e. The van der Waals surface area contributed by atoms with Gasteiger partial charge in [-0.3, -0.25) is 4.98 Å². The van der Waals surface area contributed by atoms with E-state index in [1.165, 1.54) is 18.4 Å². The second-order valence-electron chi connectivity index (χ2n) is 7.98. The Kier molecular flexibility index (Phi) is 4.23. The van der Waals surface area contributed by atoms with E-state index in [-0.39, 0.29) is 11.5 Å². The van der Waals surface area contributed by atoms with E-state index < -0.39 is 0 Å². The van der Waals surface area contributed by atoms with Gasteiger partial charge in [0.2, 0.25) is 0 Å². The molecule has 3 heterocycles. The van der Waals surface area contributed by atoms with Crippen molar-refractivity contribution in [1.82, 2.24) is 15.1 Å². The van der Waals surface area contributed by atoms with E-state index in [0.717, 1.165) is 31.8 Å². The molecule has 1 saturated carbocycles. The summed E-state index contributed by atoms with van der Waals surface area (Å²) in [6.07, 6.45) is 6.39. The molecule has 0 radical (unpaired) electrons. The monoisotopic (exact) mass is 343 g/mol. The van der Waals surface area contributed by atoms with E-state index in [9.17, 15) is 0 Å². The summed E-state index contributed by atoms with van der Waals surface area (Å²) in [5.41, 5.74) is 1.72. The zero-order valence-electron chi connectivity index (χ0n) is 15.1. The molecule has 0 bridgehead atoms. The molecule has 1 aliphatic carbocycles. The quantitative estimate of drug-likeness (QED) is 0.839. The van der Waals surface area contributed by atoms with Gasteiger partial charge in [-0.25, -0.2) is 0 Å². The van der Waals surface area contributed by atoms with Crippen molar-refractivity contribution in [1.29, 1.82) is 0 Å². The molecule has 2 aliphatic rings. The van der Waals surface area contributed by atoms with Gasteiger partial charge in [0.25, 0.3) is 5.89 Å². The summed E-state index contributed by atoms with van der Waals surface area (Å²) < 4.78 is 17.2. The lowest BCUT2D eigenvalue weighted by atomic mass is 9.96. The Bertz CT molecular complexity index is 741. The Labute approximate surface area is 147 Å². The highest BCUT2D eigenvalue weighted by molar-refractivity contribution is 5.53. The third-order valence-corrected chi connectivity index (χ3v) is 4.69. The SMILES string of the molecule is CC(C)(C)c1noc(-c2cc(OC3CCOCC3)c(C3CC3)cn2)n1. The molecule has 0 N–H and O–H groups in total. The zero-order valence-corrected chi connectivity index (χ0v) is 15.1. The van der Waals surface area contributed by atoms with Crippen LogP contribution < -0.4 is 4.74 Å². The van der Waals surface area contributed by atoms with Gasteiger partial charge in [0.05, 0.1) is 13.2 Å². The third kappa shape index (κ3) is 3.68. The lowest BCUT2D eigenvalue weighted by molar-refractivity contribution is 0.0252. The summed E-state index contributed by atoms with van der Waals surface area (Å²) in [5.74, 6) is 2.62. The predicted octanol–water partition coefficient (Wildman–Crippen LogP) is 3.86. The van der Waals surface area contributed by atoms with Crippen molar-refractivity contribution in [2.45, 2.75) is 63.9 Å². The number of pyridine rings is 1. The minimum absolute atomic E-state index is 0.156. The van der Waals surface area contributed by atoms with Crippen molar-refractivity contribution in [3.63, 3.8) is 0 Å². The van der Waals surface area contributed by atoms with E-state index in [0.29, 0.717) is 23.3 Å². The Morgan fingerprint density at radius 2 is 1.88 bits per heavy atom. The normalized spacial score (nSPS) is 19.2. The van der Waals surface area contributed by atoms with Crippen LogP contribution in [0, 0.1) is 0 Å². The molecule has 2 aromatic heterocycles. The van der Waals surface area contributed by atoms with E-state index in [2.05, 4.69) is 35.9 Å². The maximum atomic E-state index is 6.31. The lowest BCUT2D eigenvalue weighted by Gasteiger charge is -2.24. The fourth-order valence-electron chi connectivity index (χ4n) is 2.97. The van der Waals surface area contributed by atoms with Crippen molar-refractivity contribution in [3.8, 4) is 17.3 Å². The highest BCUT2D eigenvalue weighted by atomic mass is 16.5. The highest BCUT2D eigenvalue weighted by Gasteiger charge is 2.30. The molecule has 1 aliphatic heterocycles. The first kappa shape index (κ1) is 16.5. The first-order valence-electron chi connectivity index (χ1n) is 9.09. The third-order valence-electron chi connectivity index (χ3n) is 4.69. The van der Waals surface area contributed by atoms with Crippen LogP contribution in [0.1, 0.15) is 63.8 Å². The predicted molar refractivity (Wildman–Crippen MR) is 92.7 cm³/mol. The van der Waals surface area contributed by atoms with Gasteiger partial charge in [0.15, 0.2) is 5.82 Å². The van der Waals surface area contributed by atoms with E-state index in [1.54, 1.807) is 0 Å². The van der Waals surface area contributed by atoms with Gasteiger partial charge in [0.1, 0.15) is 17.5 Å². The summed E-state index contributed by atoms with van der Waals surface area (Å²) in [6, 6.07) is 1.96. The van der Waals surface area contributed by atoms with E-state index >= 15 is 0 Å². The van der Waals surface area contributed by atoms with Crippen molar-refractivity contribution in [2.75, 3.05) is 13.2 Å². The summed E-state index contributed by atoms with van der Waals surface area (Å²) >= 11 is 0. The zero-order chi connectivity index (χ0) is 17.4. The molecule has 25 heavy (non-hydrogen) atoms. The van der Waals surface area contributed by atoms with Crippen LogP contribution in [0.25, 0.3) is 11.6 Å². The number of hydrogen-bond donors (Lipinski definition) is 0. The Morgan fingerprint density at radius 1 is 1.12 bits per heavy atom. The molecule has 6 nitrogen and oxygen atoms in total. The smallest absolute Gasteiger partial charge is 0.276 e. The minimum Gasteiger partial charge on any atom is -0.490 e. The Hall–Kier alpha value is -1.95. The second kappa shape index (κ2) is 6.41. The van der Waals surface area contributed by atoms with Crippen LogP contribution in [0.3, 0.4) is 0 Å². The fourth-order valence-corrected chi connectivity index (χ4v) is 2.97. The highest BCUT2D eigenvalue weighted by Crippen LogP contribution is 2.45. The molecule has 6 heteroatoms. The number of ether oxygens (including phenoxy) is 2. The largest absolute Gasteiger partial charge is 0.490 e. The molecule has 0 unspecified atom stereocenters. The van der Waals surface area contributed by atoms with E-state index in [4.69, 9.17) is 14.0 Å². The Balaban J connectivity index is 1.62. The number of rotatable bonds is 4. The average molecular weight is 343 g/mol. The van der Waals surface area contributed by atoms with Gasteiger partial charge in [0, 0.05) is 36.1 Å². The summed E-state index contributed by atoms with van der Waals surface area (Å²) in [7, 11) is 0. The van der Waals surface area contributed by atoms with Crippen LogP contribution in [0.2, 0.25) is 0 Å². The molecule has 2 fully saturated rings. The average Bonchev–Trinajstić information content (AvgIpc) is 3.30. The van der Waals surface area contributed by atoms with Crippen molar-refractivity contribution in [2.24, 2.45) is 0 Å². The van der Waals surface area contributed by atoms with Crippen molar-refractivity contribution in [3.05, 3.63) is 23.7 Å². The minimum atomic E-state index is -0.156. The molecule has 1 saturated heterocycles. The number of aromatic nitrogens is 3. The maximum absolute atomic E-state index is 6.31. The summed E-state index contributed by atoms with van der Waals surface area (Å²) in [6.45, 7) is 7.71. The van der Waals surface area contributed by atoms with Gasteiger partial charge in [-0.2, -0.15) is 4.98 Å². The second-order valence-corrected chi connectivity index (χ2v) is 7.98. The van der Waals surface area contributed by atoms with Crippen LogP contribution in [0.5, 0.6) is 5.75 Å². The Morgan fingerprint density at radius 3 is 2.52 bits per heavy atom. The van der Waals surface area contributed by atoms with Gasteiger partial charge >= 0.3 is 0 Å². The van der Waals surface area contributed by atoms with Crippen molar-refractivity contribution < 1.29 is 14.0 Å². The molecule has 0 atom stereocenters. The molecule has 134 valence electrons. The first-order valence-corrected chi connectivity index (χ1v) is 9.09.